The Labute approximate surface area is 162 Å². The summed E-state index contributed by atoms with van der Waals surface area (Å²) in [6, 6.07) is 9.27. The number of aryl methyl sites for hydroxylation is 1. The summed E-state index contributed by atoms with van der Waals surface area (Å²) in [5.41, 5.74) is 1.80. The fraction of sp³-hybridized carbons (Fsp3) is 0.300. The van der Waals surface area contributed by atoms with Crippen molar-refractivity contribution < 1.29 is 19.0 Å². The van der Waals surface area contributed by atoms with Crippen molar-refractivity contribution in [1.29, 1.82) is 0 Å². The van der Waals surface area contributed by atoms with E-state index >= 15 is 0 Å². The molecule has 1 aromatic carbocycles. The number of ether oxygens (including phenoxy) is 2. The summed E-state index contributed by atoms with van der Waals surface area (Å²) in [6.07, 6.45) is 4.90. The maximum Gasteiger partial charge on any atom is 0.226 e. The number of nitrogens with one attached hydrogen (secondary N) is 1. The van der Waals surface area contributed by atoms with Gasteiger partial charge in [-0.25, -0.2) is 4.68 Å². The summed E-state index contributed by atoms with van der Waals surface area (Å²) in [6.45, 7) is 0.105. The average Bonchev–Trinajstić information content (AvgIpc) is 3.40. The maximum atomic E-state index is 9.09. The van der Waals surface area contributed by atoms with Gasteiger partial charge in [-0.3, -0.25) is 0 Å². The highest BCUT2D eigenvalue weighted by molar-refractivity contribution is 5.78. The lowest BCUT2D eigenvalue weighted by Crippen LogP contribution is -2.20. The van der Waals surface area contributed by atoms with Crippen LogP contribution in [0.15, 0.2) is 47.1 Å². The van der Waals surface area contributed by atoms with Crippen molar-refractivity contribution in [2.24, 2.45) is 0 Å². The van der Waals surface area contributed by atoms with Crippen LogP contribution in [0.3, 0.4) is 0 Å². The van der Waals surface area contributed by atoms with Gasteiger partial charge in [0, 0.05) is 24.3 Å². The van der Waals surface area contributed by atoms with Crippen LogP contribution in [0.25, 0.3) is 5.70 Å². The average molecular weight is 382 g/mol. The fourth-order valence-electron chi connectivity index (χ4n) is 3.21. The number of aromatic nitrogens is 3. The molecule has 0 fully saturated rings. The van der Waals surface area contributed by atoms with Crippen LogP contribution < -0.4 is 14.8 Å². The van der Waals surface area contributed by atoms with Crippen LogP contribution in [0.5, 0.6) is 11.5 Å². The van der Waals surface area contributed by atoms with Gasteiger partial charge < -0.3 is 24.3 Å². The first-order valence-electron chi connectivity index (χ1n) is 9.04. The van der Waals surface area contributed by atoms with E-state index in [4.69, 9.17) is 19.0 Å². The molecule has 28 heavy (non-hydrogen) atoms. The number of allylic oxidation sites excluding steroid dienone is 1. The summed E-state index contributed by atoms with van der Waals surface area (Å²) in [4.78, 5) is 4.59. The highest BCUT2D eigenvalue weighted by Crippen LogP contribution is 2.36. The van der Waals surface area contributed by atoms with Gasteiger partial charge >= 0.3 is 0 Å². The van der Waals surface area contributed by atoms with Gasteiger partial charge in [0.1, 0.15) is 11.8 Å². The second kappa shape index (κ2) is 7.77. The van der Waals surface area contributed by atoms with E-state index in [1.54, 1.807) is 25.2 Å². The maximum absolute atomic E-state index is 9.09. The largest absolute Gasteiger partial charge is 0.493 e. The van der Waals surface area contributed by atoms with Gasteiger partial charge in [0.15, 0.2) is 17.3 Å². The van der Waals surface area contributed by atoms with Crippen molar-refractivity contribution in [3.8, 4) is 11.5 Å². The topological polar surface area (TPSA) is 94.6 Å². The Morgan fingerprint density at radius 3 is 2.79 bits per heavy atom. The second-order valence-corrected chi connectivity index (χ2v) is 6.36. The highest BCUT2D eigenvalue weighted by atomic mass is 16.5. The van der Waals surface area contributed by atoms with E-state index in [0.717, 1.165) is 17.0 Å². The summed E-state index contributed by atoms with van der Waals surface area (Å²) in [7, 11) is 3.22. The van der Waals surface area contributed by atoms with Crippen LogP contribution >= 0.6 is 0 Å². The van der Waals surface area contributed by atoms with Gasteiger partial charge in [-0.05, 0) is 42.8 Å². The summed E-state index contributed by atoms with van der Waals surface area (Å²) in [5, 5.41) is 17.0. The number of furan rings is 1. The van der Waals surface area contributed by atoms with E-state index in [1.165, 1.54) is 0 Å². The molecule has 0 saturated heterocycles. The van der Waals surface area contributed by atoms with Crippen LogP contribution in [-0.2, 0) is 6.42 Å². The number of aliphatic hydroxyl groups is 1. The molecule has 0 radical (unpaired) electrons. The first-order chi connectivity index (χ1) is 13.7. The Balaban J connectivity index is 1.74. The minimum atomic E-state index is -0.232. The quantitative estimate of drug-likeness (QED) is 0.649. The van der Waals surface area contributed by atoms with Crippen LogP contribution in [0, 0.1) is 0 Å². The molecule has 0 bridgehead atoms. The van der Waals surface area contributed by atoms with Crippen molar-refractivity contribution in [1.82, 2.24) is 14.8 Å². The SMILES string of the molecule is COc1ccc(C2=C[C@@H](c3ccco3)n3nc(CCCO)nc3N2)cc1OC. The van der Waals surface area contributed by atoms with Crippen LogP contribution in [0.2, 0.25) is 0 Å². The first kappa shape index (κ1) is 18.1. The lowest BCUT2D eigenvalue weighted by molar-refractivity contribution is 0.287. The molecule has 8 heteroatoms. The van der Waals surface area contributed by atoms with E-state index in [9.17, 15) is 0 Å². The van der Waals surface area contributed by atoms with E-state index in [1.807, 2.05) is 36.4 Å². The molecule has 8 nitrogen and oxygen atoms in total. The Kier molecular flexibility index (Phi) is 5.03. The molecule has 4 rings (SSSR count). The zero-order valence-corrected chi connectivity index (χ0v) is 15.8. The zero-order valence-electron chi connectivity index (χ0n) is 15.8. The summed E-state index contributed by atoms with van der Waals surface area (Å²) >= 11 is 0. The number of fused-ring (bicyclic) bond motifs is 1. The highest BCUT2D eigenvalue weighted by Gasteiger charge is 2.27. The molecule has 1 atom stereocenters. The van der Waals surface area contributed by atoms with E-state index in [0.29, 0.717) is 36.1 Å². The lowest BCUT2D eigenvalue weighted by Gasteiger charge is -2.23. The molecule has 0 saturated carbocycles. The second-order valence-electron chi connectivity index (χ2n) is 6.36. The third kappa shape index (κ3) is 3.34. The molecule has 3 aromatic rings. The number of anilines is 1. The predicted octanol–water partition coefficient (Wildman–Crippen LogP) is 2.87. The van der Waals surface area contributed by atoms with Gasteiger partial charge in [-0.2, -0.15) is 10.1 Å². The molecule has 3 heterocycles. The van der Waals surface area contributed by atoms with Crippen molar-refractivity contribution in [2.75, 3.05) is 26.1 Å². The molecule has 0 unspecified atom stereocenters. The van der Waals surface area contributed by atoms with Crippen molar-refractivity contribution in [3.63, 3.8) is 0 Å². The molecule has 2 aromatic heterocycles. The van der Waals surface area contributed by atoms with E-state index in [-0.39, 0.29) is 12.6 Å². The number of nitrogens with zero attached hydrogens (tertiary/aromatic N) is 3. The Hall–Kier alpha value is -3.26. The zero-order chi connectivity index (χ0) is 19.5. The van der Waals surface area contributed by atoms with Gasteiger partial charge in [-0.1, -0.05) is 0 Å². The van der Waals surface area contributed by atoms with Gasteiger partial charge in [0.05, 0.1) is 20.5 Å². The molecule has 0 aliphatic carbocycles. The number of benzene rings is 1. The Morgan fingerprint density at radius 1 is 1.21 bits per heavy atom. The monoisotopic (exact) mass is 382 g/mol. The summed E-state index contributed by atoms with van der Waals surface area (Å²) < 4.78 is 18.2. The molecule has 0 amide bonds. The predicted molar refractivity (Wildman–Crippen MR) is 103 cm³/mol. The number of hydrogen-bond acceptors (Lipinski definition) is 7. The molecular weight excluding hydrogens is 360 g/mol. The smallest absolute Gasteiger partial charge is 0.226 e. The van der Waals surface area contributed by atoms with Crippen molar-refractivity contribution in [3.05, 3.63) is 59.8 Å². The van der Waals surface area contributed by atoms with Crippen LogP contribution in [0.4, 0.5) is 5.95 Å². The van der Waals surface area contributed by atoms with Gasteiger partial charge in [0.25, 0.3) is 0 Å². The van der Waals surface area contributed by atoms with E-state index in [2.05, 4.69) is 15.4 Å². The normalized spacial score (nSPS) is 15.5. The minimum absolute atomic E-state index is 0.105. The van der Waals surface area contributed by atoms with Crippen LogP contribution in [0.1, 0.15) is 29.6 Å². The Bertz CT molecular complexity index is 978. The molecular formula is C20H22N4O4. The fourth-order valence-corrected chi connectivity index (χ4v) is 3.21. The lowest BCUT2D eigenvalue weighted by atomic mass is 10.1. The van der Waals surface area contributed by atoms with Gasteiger partial charge in [-0.15, -0.1) is 0 Å². The summed E-state index contributed by atoms with van der Waals surface area (Å²) in [5.74, 6) is 3.38. The third-order valence-electron chi connectivity index (χ3n) is 4.60. The third-order valence-corrected chi connectivity index (χ3v) is 4.60. The van der Waals surface area contributed by atoms with Gasteiger partial charge in [0.2, 0.25) is 5.95 Å². The number of aliphatic hydroxyl groups excluding tert-OH is 1. The molecule has 2 N–H and O–H groups in total. The molecule has 0 spiro atoms. The minimum Gasteiger partial charge on any atom is -0.493 e. The number of rotatable bonds is 7. The van der Waals surface area contributed by atoms with Crippen LogP contribution in [-0.4, -0.2) is 40.7 Å². The molecule has 146 valence electrons. The van der Waals surface area contributed by atoms with Crippen molar-refractivity contribution >= 4 is 11.6 Å². The van der Waals surface area contributed by atoms with E-state index < -0.39 is 0 Å². The number of hydrogen-bond donors (Lipinski definition) is 2. The first-order valence-corrected chi connectivity index (χ1v) is 9.04. The molecule has 1 aliphatic rings. The van der Waals surface area contributed by atoms with Crippen molar-refractivity contribution in [2.45, 2.75) is 18.9 Å². The molecule has 1 aliphatic heterocycles. The Morgan fingerprint density at radius 2 is 2.07 bits per heavy atom. The standard InChI is InChI=1S/C20H22N4O4/c1-26-17-8-7-13(11-18(17)27-2)14-12-15(16-5-4-10-28-16)24-20(21-14)22-19(23-24)6-3-9-25/h4-5,7-8,10-12,15,25H,3,6,9H2,1-2H3,(H,21,22,23)/t15-/m0/s1. The number of methoxy groups -OCH3 is 2.